The van der Waals surface area contributed by atoms with Crippen molar-refractivity contribution in [3.05, 3.63) is 22.2 Å². The Kier molecular flexibility index (Phi) is 2.98. The van der Waals surface area contributed by atoms with Gasteiger partial charge in [0.05, 0.1) is 30.3 Å². The molecule has 1 N–H and O–H groups in total. The number of aromatic nitrogens is 1. The minimum atomic E-state index is -0.442. The van der Waals surface area contributed by atoms with E-state index in [0.29, 0.717) is 5.88 Å². The average molecular weight is 265 g/mol. The summed E-state index contributed by atoms with van der Waals surface area (Å²) >= 11 is 0. The van der Waals surface area contributed by atoms with Crippen LogP contribution >= 0.6 is 0 Å². The van der Waals surface area contributed by atoms with Crippen molar-refractivity contribution >= 4 is 11.5 Å². The van der Waals surface area contributed by atoms with Crippen molar-refractivity contribution < 1.29 is 14.4 Å². The second-order valence-corrected chi connectivity index (χ2v) is 4.84. The third kappa shape index (κ3) is 2.21. The molecule has 3 rings (SSSR count). The van der Waals surface area contributed by atoms with Crippen molar-refractivity contribution in [3.63, 3.8) is 0 Å². The van der Waals surface area contributed by atoms with E-state index < -0.39 is 4.92 Å². The Morgan fingerprint density at radius 2 is 2.37 bits per heavy atom. The summed E-state index contributed by atoms with van der Waals surface area (Å²) in [5.74, 6) is 0.614. The quantitative estimate of drug-likeness (QED) is 0.659. The van der Waals surface area contributed by atoms with Crippen molar-refractivity contribution in [1.29, 1.82) is 0 Å². The maximum absolute atomic E-state index is 11.0. The first kappa shape index (κ1) is 12.2. The van der Waals surface area contributed by atoms with Gasteiger partial charge < -0.3 is 14.8 Å². The Bertz CT molecular complexity index is 508. The number of nitrogens with one attached hydrogen (secondary N) is 1. The largest absolute Gasteiger partial charge is 0.481 e. The smallest absolute Gasteiger partial charge is 0.311 e. The minimum absolute atomic E-state index is 0.0384. The second-order valence-electron chi connectivity index (χ2n) is 4.84. The van der Waals surface area contributed by atoms with Crippen LogP contribution in [0.15, 0.2) is 12.1 Å². The molecule has 7 nitrogen and oxygen atoms in total. The van der Waals surface area contributed by atoms with E-state index in [0.717, 1.165) is 19.3 Å². The van der Waals surface area contributed by atoms with Gasteiger partial charge >= 0.3 is 5.69 Å². The van der Waals surface area contributed by atoms with Crippen molar-refractivity contribution in [1.82, 2.24) is 4.98 Å². The average Bonchev–Trinajstić information content (AvgIpc) is 3.00. The SMILES string of the molecule is COc1ccc([N+](=O)[O-])c(NC2CC3CCC2O3)n1. The zero-order chi connectivity index (χ0) is 13.4. The number of hydrogen-bond acceptors (Lipinski definition) is 6. The molecule has 1 aromatic heterocycles. The molecule has 0 spiro atoms. The first-order valence-electron chi connectivity index (χ1n) is 6.29. The highest BCUT2D eigenvalue weighted by atomic mass is 16.6. The maximum Gasteiger partial charge on any atom is 0.311 e. The number of fused-ring (bicyclic) bond motifs is 2. The highest BCUT2D eigenvalue weighted by Gasteiger charge is 2.41. The summed E-state index contributed by atoms with van der Waals surface area (Å²) in [7, 11) is 1.48. The van der Waals surface area contributed by atoms with Crippen LogP contribution in [0.3, 0.4) is 0 Å². The summed E-state index contributed by atoms with van der Waals surface area (Å²) in [6.45, 7) is 0. The Morgan fingerprint density at radius 1 is 1.53 bits per heavy atom. The number of pyridine rings is 1. The molecule has 0 aliphatic carbocycles. The molecule has 2 saturated heterocycles. The van der Waals surface area contributed by atoms with Gasteiger partial charge in [-0.25, -0.2) is 0 Å². The fourth-order valence-corrected chi connectivity index (χ4v) is 2.77. The van der Waals surface area contributed by atoms with E-state index in [9.17, 15) is 10.1 Å². The molecule has 0 radical (unpaired) electrons. The molecule has 19 heavy (non-hydrogen) atoms. The Labute approximate surface area is 110 Å². The van der Waals surface area contributed by atoms with Gasteiger partial charge in [-0.3, -0.25) is 10.1 Å². The molecule has 7 heteroatoms. The van der Waals surface area contributed by atoms with E-state index in [2.05, 4.69) is 10.3 Å². The van der Waals surface area contributed by atoms with Crippen LogP contribution in [0.4, 0.5) is 11.5 Å². The van der Waals surface area contributed by atoms with Crippen LogP contribution in [0.1, 0.15) is 19.3 Å². The molecule has 3 unspecified atom stereocenters. The van der Waals surface area contributed by atoms with E-state index in [1.807, 2.05) is 0 Å². The van der Waals surface area contributed by atoms with Gasteiger partial charge in [0.2, 0.25) is 11.7 Å². The van der Waals surface area contributed by atoms with Gasteiger partial charge in [0.15, 0.2) is 0 Å². The molecule has 2 bridgehead atoms. The van der Waals surface area contributed by atoms with E-state index in [1.54, 1.807) is 0 Å². The lowest BCUT2D eigenvalue weighted by Crippen LogP contribution is -2.31. The first-order chi connectivity index (χ1) is 9.17. The van der Waals surface area contributed by atoms with Crippen molar-refractivity contribution in [2.75, 3.05) is 12.4 Å². The lowest BCUT2D eigenvalue weighted by molar-refractivity contribution is -0.384. The molecule has 3 heterocycles. The van der Waals surface area contributed by atoms with Crippen LogP contribution in [0.25, 0.3) is 0 Å². The summed E-state index contributed by atoms with van der Waals surface area (Å²) in [5.41, 5.74) is -0.0384. The number of nitro groups is 1. The molecule has 3 atom stereocenters. The van der Waals surface area contributed by atoms with E-state index in [4.69, 9.17) is 9.47 Å². The predicted molar refractivity (Wildman–Crippen MR) is 67.4 cm³/mol. The fraction of sp³-hybridized carbons (Fsp3) is 0.583. The maximum atomic E-state index is 11.0. The topological polar surface area (TPSA) is 86.5 Å². The molecule has 0 aromatic carbocycles. The van der Waals surface area contributed by atoms with Gasteiger partial charge in [-0.1, -0.05) is 0 Å². The van der Waals surface area contributed by atoms with Gasteiger partial charge in [0, 0.05) is 12.1 Å². The third-order valence-corrected chi connectivity index (χ3v) is 3.68. The zero-order valence-electron chi connectivity index (χ0n) is 10.5. The van der Waals surface area contributed by atoms with E-state index in [-0.39, 0.29) is 29.8 Å². The Hall–Kier alpha value is -1.89. The van der Waals surface area contributed by atoms with Crippen molar-refractivity contribution in [2.24, 2.45) is 0 Å². The summed E-state index contributed by atoms with van der Waals surface area (Å²) in [4.78, 5) is 14.7. The first-order valence-corrected chi connectivity index (χ1v) is 6.29. The van der Waals surface area contributed by atoms with Crippen LogP contribution in [-0.4, -0.2) is 35.3 Å². The number of rotatable bonds is 4. The molecule has 2 fully saturated rings. The number of nitrogens with zero attached hydrogens (tertiary/aromatic N) is 2. The van der Waals surface area contributed by atoms with Crippen LogP contribution in [-0.2, 0) is 4.74 Å². The third-order valence-electron chi connectivity index (χ3n) is 3.68. The van der Waals surface area contributed by atoms with E-state index >= 15 is 0 Å². The number of hydrogen-bond donors (Lipinski definition) is 1. The lowest BCUT2D eigenvalue weighted by atomic mass is 9.95. The van der Waals surface area contributed by atoms with E-state index in [1.165, 1.54) is 19.2 Å². The molecule has 102 valence electrons. The second kappa shape index (κ2) is 4.65. The monoisotopic (exact) mass is 265 g/mol. The van der Waals surface area contributed by atoms with Gasteiger partial charge in [0.25, 0.3) is 0 Å². The number of methoxy groups -OCH3 is 1. The summed E-state index contributed by atoms with van der Waals surface area (Å²) < 4.78 is 10.7. The van der Waals surface area contributed by atoms with Crippen molar-refractivity contribution in [2.45, 2.75) is 37.5 Å². The van der Waals surface area contributed by atoms with Crippen molar-refractivity contribution in [3.8, 4) is 5.88 Å². The molecule has 2 aliphatic heterocycles. The molecular formula is C12H15N3O4. The Balaban J connectivity index is 1.84. The highest BCUT2D eigenvalue weighted by molar-refractivity contribution is 5.57. The molecule has 0 amide bonds. The summed E-state index contributed by atoms with van der Waals surface area (Å²) in [5, 5.41) is 14.1. The molecule has 0 saturated carbocycles. The van der Waals surface area contributed by atoms with Crippen LogP contribution in [0, 0.1) is 10.1 Å². The molecule has 2 aliphatic rings. The predicted octanol–water partition coefficient (Wildman–Crippen LogP) is 1.73. The van der Waals surface area contributed by atoms with Crippen LogP contribution in [0.5, 0.6) is 5.88 Å². The summed E-state index contributed by atoms with van der Waals surface area (Å²) in [6.07, 6.45) is 3.38. The summed E-state index contributed by atoms with van der Waals surface area (Å²) in [6, 6.07) is 2.99. The molecule has 1 aromatic rings. The fourth-order valence-electron chi connectivity index (χ4n) is 2.77. The molecular weight excluding hydrogens is 250 g/mol. The van der Waals surface area contributed by atoms with Gasteiger partial charge in [-0.05, 0) is 19.3 Å². The highest BCUT2D eigenvalue weighted by Crippen LogP contribution is 2.37. The lowest BCUT2D eigenvalue weighted by Gasteiger charge is -2.20. The normalized spacial score (nSPS) is 28.4. The van der Waals surface area contributed by atoms with Gasteiger partial charge in [0.1, 0.15) is 0 Å². The number of ether oxygens (including phenoxy) is 2. The van der Waals surface area contributed by atoms with Gasteiger partial charge in [-0.2, -0.15) is 4.98 Å². The minimum Gasteiger partial charge on any atom is -0.481 e. The van der Waals surface area contributed by atoms with Crippen LogP contribution in [0.2, 0.25) is 0 Å². The van der Waals surface area contributed by atoms with Crippen LogP contribution < -0.4 is 10.1 Å². The standard InChI is InChI=1S/C12H15N3O4/c1-18-11-5-3-9(15(16)17)12(14-11)13-8-6-7-2-4-10(8)19-7/h3,5,7-8,10H,2,4,6H2,1H3,(H,13,14). The Morgan fingerprint density at radius 3 is 2.95 bits per heavy atom. The number of anilines is 1. The zero-order valence-corrected chi connectivity index (χ0v) is 10.5. The van der Waals surface area contributed by atoms with Gasteiger partial charge in [-0.15, -0.1) is 0 Å².